The third-order valence-corrected chi connectivity index (χ3v) is 4.88. The van der Waals surface area contributed by atoms with E-state index in [1.165, 1.54) is 19.4 Å². The molecule has 0 amide bonds. The van der Waals surface area contributed by atoms with Gasteiger partial charge in [0.1, 0.15) is 0 Å². The van der Waals surface area contributed by atoms with Crippen LogP contribution < -0.4 is 5.32 Å². The molecule has 112 valence electrons. The molecule has 1 aliphatic heterocycles. The minimum absolute atomic E-state index is 0.385. The highest BCUT2D eigenvalue weighted by atomic mass is 16.5. The molecule has 0 aromatic rings. The zero-order chi connectivity index (χ0) is 14.0. The van der Waals surface area contributed by atoms with Crippen LogP contribution in [0.15, 0.2) is 0 Å². The minimum atomic E-state index is 0.385. The second-order valence-corrected chi connectivity index (χ2v) is 7.30. The van der Waals surface area contributed by atoms with Gasteiger partial charge >= 0.3 is 0 Å². The van der Waals surface area contributed by atoms with Gasteiger partial charge in [-0.05, 0) is 44.6 Å². The number of rotatable bonds is 4. The average Bonchev–Trinajstić information content (AvgIpc) is 2.55. The fraction of sp³-hybridized carbons (Fsp3) is 1.00. The normalized spacial score (nSPS) is 39.6. The number of ether oxygens (including phenoxy) is 1. The van der Waals surface area contributed by atoms with E-state index in [1.54, 1.807) is 0 Å². The topological polar surface area (TPSA) is 24.5 Å². The van der Waals surface area contributed by atoms with Crippen LogP contribution in [0.25, 0.3) is 0 Å². The lowest BCUT2D eigenvalue weighted by Gasteiger charge is -2.39. The molecule has 2 fully saturated rings. The van der Waals surface area contributed by atoms with Crippen molar-refractivity contribution in [1.82, 2.24) is 10.2 Å². The molecule has 1 heterocycles. The van der Waals surface area contributed by atoms with Crippen LogP contribution in [0, 0.1) is 11.3 Å². The Balaban J connectivity index is 1.94. The van der Waals surface area contributed by atoms with E-state index in [9.17, 15) is 0 Å². The summed E-state index contributed by atoms with van der Waals surface area (Å²) in [7, 11) is 0. The Morgan fingerprint density at radius 3 is 2.42 bits per heavy atom. The molecular formula is C16H32N2O. The van der Waals surface area contributed by atoms with E-state index < -0.39 is 0 Å². The zero-order valence-electron chi connectivity index (χ0n) is 13.4. The van der Waals surface area contributed by atoms with Crippen molar-refractivity contribution in [1.29, 1.82) is 0 Å². The number of morpholine rings is 1. The van der Waals surface area contributed by atoms with Gasteiger partial charge in [0.15, 0.2) is 0 Å². The van der Waals surface area contributed by atoms with E-state index in [0.717, 1.165) is 25.6 Å². The number of hydrogen-bond acceptors (Lipinski definition) is 3. The summed E-state index contributed by atoms with van der Waals surface area (Å²) < 4.78 is 5.84. The first-order valence-electron chi connectivity index (χ1n) is 8.03. The summed E-state index contributed by atoms with van der Waals surface area (Å²) in [5, 5.41) is 3.74. The molecule has 2 rings (SSSR count). The lowest BCUT2D eigenvalue weighted by atomic mass is 9.84. The Hall–Kier alpha value is -0.120. The monoisotopic (exact) mass is 268 g/mol. The lowest BCUT2D eigenvalue weighted by Crippen LogP contribution is -2.50. The standard InChI is InChI=1S/C16H32N2O/c1-6-17-15-14(7-8-16(15,4)5)11-18-9-12(2)19-13(3)10-18/h12-15,17H,6-11H2,1-5H3. The molecule has 19 heavy (non-hydrogen) atoms. The van der Waals surface area contributed by atoms with Crippen LogP contribution in [-0.4, -0.2) is 49.3 Å². The first-order chi connectivity index (χ1) is 8.92. The van der Waals surface area contributed by atoms with Crippen LogP contribution in [0.5, 0.6) is 0 Å². The van der Waals surface area contributed by atoms with Crippen LogP contribution in [-0.2, 0) is 4.74 Å². The van der Waals surface area contributed by atoms with Crippen LogP contribution in [0.3, 0.4) is 0 Å². The second kappa shape index (κ2) is 6.11. The number of hydrogen-bond donors (Lipinski definition) is 1. The maximum atomic E-state index is 5.84. The van der Waals surface area contributed by atoms with Crippen molar-refractivity contribution in [3.05, 3.63) is 0 Å². The van der Waals surface area contributed by atoms with Gasteiger partial charge in [-0.25, -0.2) is 0 Å². The van der Waals surface area contributed by atoms with E-state index in [1.807, 2.05) is 0 Å². The molecule has 0 aromatic carbocycles. The van der Waals surface area contributed by atoms with Crippen molar-refractivity contribution in [3.63, 3.8) is 0 Å². The molecule has 0 aromatic heterocycles. The molecule has 0 bridgehead atoms. The fourth-order valence-corrected chi connectivity index (χ4v) is 4.14. The Morgan fingerprint density at radius 1 is 1.21 bits per heavy atom. The molecule has 4 unspecified atom stereocenters. The minimum Gasteiger partial charge on any atom is -0.373 e. The van der Waals surface area contributed by atoms with Crippen molar-refractivity contribution < 1.29 is 4.74 Å². The lowest BCUT2D eigenvalue weighted by molar-refractivity contribution is -0.0723. The Kier molecular flexibility index (Phi) is 4.91. The van der Waals surface area contributed by atoms with Crippen LogP contribution in [0.2, 0.25) is 0 Å². The third kappa shape index (κ3) is 3.71. The largest absolute Gasteiger partial charge is 0.373 e. The van der Waals surface area contributed by atoms with Crippen molar-refractivity contribution in [3.8, 4) is 0 Å². The number of nitrogens with zero attached hydrogens (tertiary/aromatic N) is 1. The van der Waals surface area contributed by atoms with Crippen molar-refractivity contribution >= 4 is 0 Å². The van der Waals surface area contributed by atoms with Gasteiger partial charge in [0.25, 0.3) is 0 Å². The van der Waals surface area contributed by atoms with Gasteiger partial charge in [-0.2, -0.15) is 0 Å². The van der Waals surface area contributed by atoms with Crippen molar-refractivity contribution in [2.45, 2.75) is 65.7 Å². The molecule has 1 saturated carbocycles. The third-order valence-electron chi connectivity index (χ3n) is 4.88. The smallest absolute Gasteiger partial charge is 0.0678 e. The molecule has 1 aliphatic carbocycles. The fourth-order valence-electron chi connectivity index (χ4n) is 4.14. The SMILES string of the molecule is CCNC1C(CN2CC(C)OC(C)C2)CCC1(C)C. The average molecular weight is 268 g/mol. The molecule has 3 heteroatoms. The van der Waals surface area contributed by atoms with Gasteiger partial charge in [0, 0.05) is 25.7 Å². The van der Waals surface area contributed by atoms with Crippen LogP contribution in [0.1, 0.15) is 47.5 Å². The van der Waals surface area contributed by atoms with Crippen molar-refractivity contribution in [2.75, 3.05) is 26.2 Å². The van der Waals surface area contributed by atoms with Gasteiger partial charge in [-0.3, -0.25) is 4.90 Å². The van der Waals surface area contributed by atoms with E-state index in [-0.39, 0.29) is 0 Å². The second-order valence-electron chi connectivity index (χ2n) is 7.30. The molecule has 1 N–H and O–H groups in total. The summed E-state index contributed by atoms with van der Waals surface area (Å²) >= 11 is 0. The zero-order valence-corrected chi connectivity index (χ0v) is 13.4. The molecule has 1 saturated heterocycles. The van der Waals surface area contributed by atoms with Gasteiger partial charge in [0.05, 0.1) is 12.2 Å². The Bertz CT molecular complexity index is 282. The van der Waals surface area contributed by atoms with Gasteiger partial charge in [-0.1, -0.05) is 20.8 Å². The van der Waals surface area contributed by atoms with Gasteiger partial charge in [-0.15, -0.1) is 0 Å². The van der Waals surface area contributed by atoms with Gasteiger partial charge < -0.3 is 10.1 Å². The first-order valence-corrected chi connectivity index (χ1v) is 8.03. The van der Waals surface area contributed by atoms with Gasteiger partial charge in [0.2, 0.25) is 0 Å². The van der Waals surface area contributed by atoms with E-state index in [4.69, 9.17) is 4.74 Å². The van der Waals surface area contributed by atoms with Crippen molar-refractivity contribution in [2.24, 2.45) is 11.3 Å². The molecule has 3 nitrogen and oxygen atoms in total. The molecular weight excluding hydrogens is 236 g/mol. The summed E-state index contributed by atoms with van der Waals surface area (Å²) in [4.78, 5) is 2.62. The molecule has 0 radical (unpaired) electrons. The predicted octanol–water partition coefficient (Wildman–Crippen LogP) is 2.51. The summed E-state index contributed by atoms with van der Waals surface area (Å²) in [5.74, 6) is 0.799. The highest BCUT2D eigenvalue weighted by Gasteiger charge is 2.42. The first kappa shape index (κ1) is 15.3. The summed E-state index contributed by atoms with van der Waals surface area (Å²) in [6.07, 6.45) is 3.49. The molecule has 2 aliphatic rings. The summed E-state index contributed by atoms with van der Waals surface area (Å²) in [6, 6.07) is 0.672. The number of nitrogens with one attached hydrogen (secondary N) is 1. The van der Waals surface area contributed by atoms with E-state index in [0.29, 0.717) is 23.7 Å². The predicted molar refractivity (Wildman–Crippen MR) is 80.4 cm³/mol. The maximum Gasteiger partial charge on any atom is 0.0678 e. The van der Waals surface area contributed by atoms with Crippen LogP contribution >= 0.6 is 0 Å². The summed E-state index contributed by atoms with van der Waals surface area (Å²) in [5.41, 5.74) is 0.449. The summed E-state index contributed by atoms with van der Waals surface area (Å²) in [6.45, 7) is 16.0. The maximum absolute atomic E-state index is 5.84. The van der Waals surface area contributed by atoms with Crippen LogP contribution in [0.4, 0.5) is 0 Å². The quantitative estimate of drug-likeness (QED) is 0.848. The highest BCUT2D eigenvalue weighted by molar-refractivity contribution is 4.97. The molecule has 0 spiro atoms. The Morgan fingerprint density at radius 2 is 1.84 bits per heavy atom. The van der Waals surface area contributed by atoms with E-state index in [2.05, 4.69) is 44.8 Å². The molecule has 4 atom stereocenters. The Labute approximate surface area is 119 Å². The highest BCUT2D eigenvalue weighted by Crippen LogP contribution is 2.41. The van der Waals surface area contributed by atoms with E-state index >= 15 is 0 Å².